The summed E-state index contributed by atoms with van der Waals surface area (Å²) in [4.78, 5) is 31.4. The van der Waals surface area contributed by atoms with Crippen molar-refractivity contribution in [1.29, 1.82) is 0 Å². The monoisotopic (exact) mass is 405 g/mol. The highest BCUT2D eigenvalue weighted by atomic mass is 32.2. The zero-order valence-electron chi connectivity index (χ0n) is 17.5. The lowest BCUT2D eigenvalue weighted by atomic mass is 10.2. The Morgan fingerprint density at radius 1 is 1.25 bits per heavy atom. The van der Waals surface area contributed by atoms with E-state index in [1.54, 1.807) is 4.57 Å². The lowest BCUT2D eigenvalue weighted by Gasteiger charge is -2.17. The first-order valence-electron chi connectivity index (χ1n) is 10.2. The predicted molar refractivity (Wildman–Crippen MR) is 116 cm³/mol. The van der Waals surface area contributed by atoms with E-state index in [1.807, 2.05) is 38.1 Å². The van der Waals surface area contributed by atoms with Crippen LogP contribution < -0.4 is 15.8 Å². The van der Waals surface area contributed by atoms with Gasteiger partial charge in [0.2, 0.25) is 5.91 Å². The van der Waals surface area contributed by atoms with Crippen molar-refractivity contribution < 1.29 is 9.69 Å². The maximum absolute atomic E-state index is 13.0. The average Bonchev–Trinajstić information content (AvgIpc) is 2.71. The number of hydrogen-bond donors (Lipinski definition) is 2. The van der Waals surface area contributed by atoms with Gasteiger partial charge in [0.1, 0.15) is 0 Å². The second-order valence-corrected chi connectivity index (χ2v) is 8.04. The minimum Gasteiger partial charge on any atom is -0.353 e. The first-order chi connectivity index (χ1) is 13.5. The molecule has 154 valence electrons. The SMILES string of the molecule is CC[C@H](C)NC(=O)CSc1nc2ccccc2c(=O)n1CCC[NH+](CC)CC. The van der Waals surface area contributed by atoms with Crippen molar-refractivity contribution in [3.8, 4) is 0 Å². The van der Waals surface area contributed by atoms with Crippen LogP contribution in [0.15, 0.2) is 34.2 Å². The molecule has 0 saturated heterocycles. The molecule has 0 aliphatic rings. The Balaban J connectivity index is 2.21. The highest BCUT2D eigenvalue weighted by molar-refractivity contribution is 7.99. The van der Waals surface area contributed by atoms with Crippen LogP contribution in [0.2, 0.25) is 0 Å². The number of rotatable bonds is 11. The van der Waals surface area contributed by atoms with Crippen molar-refractivity contribution >= 4 is 28.6 Å². The van der Waals surface area contributed by atoms with Gasteiger partial charge in [-0.15, -0.1) is 0 Å². The summed E-state index contributed by atoms with van der Waals surface area (Å²) in [6.07, 6.45) is 1.80. The number of carbonyl (C=O) groups excluding carboxylic acids is 1. The van der Waals surface area contributed by atoms with Crippen LogP contribution in [0, 0.1) is 0 Å². The molecule has 0 fully saturated rings. The van der Waals surface area contributed by atoms with Crippen LogP contribution in [0.1, 0.15) is 40.5 Å². The fourth-order valence-corrected chi connectivity index (χ4v) is 3.93. The topological polar surface area (TPSA) is 68.4 Å². The summed E-state index contributed by atoms with van der Waals surface area (Å²) in [7, 11) is 0. The Kier molecular flexibility index (Phi) is 8.99. The zero-order chi connectivity index (χ0) is 20.5. The van der Waals surface area contributed by atoms with Gasteiger partial charge >= 0.3 is 0 Å². The fourth-order valence-electron chi connectivity index (χ4n) is 3.09. The molecule has 7 heteroatoms. The molecule has 0 saturated carbocycles. The quantitative estimate of drug-likeness (QED) is 0.441. The van der Waals surface area contributed by atoms with Crippen molar-refractivity contribution in [3.63, 3.8) is 0 Å². The van der Waals surface area contributed by atoms with Crippen LogP contribution in [0.3, 0.4) is 0 Å². The maximum atomic E-state index is 13.0. The molecule has 2 N–H and O–H groups in total. The number of amides is 1. The van der Waals surface area contributed by atoms with E-state index in [-0.39, 0.29) is 23.3 Å². The largest absolute Gasteiger partial charge is 0.353 e. The van der Waals surface area contributed by atoms with Crippen LogP contribution >= 0.6 is 11.8 Å². The molecular formula is C21H33N4O2S+. The number of nitrogens with zero attached hydrogens (tertiary/aromatic N) is 2. The van der Waals surface area contributed by atoms with E-state index >= 15 is 0 Å². The van der Waals surface area contributed by atoms with Crippen molar-refractivity contribution in [1.82, 2.24) is 14.9 Å². The second kappa shape index (κ2) is 11.2. The Bertz CT molecular complexity index is 833. The molecule has 1 amide bonds. The van der Waals surface area contributed by atoms with Gasteiger partial charge in [0.15, 0.2) is 5.16 Å². The maximum Gasteiger partial charge on any atom is 0.262 e. The first-order valence-corrected chi connectivity index (χ1v) is 11.2. The number of fused-ring (bicyclic) bond motifs is 1. The van der Waals surface area contributed by atoms with E-state index in [0.29, 0.717) is 22.6 Å². The summed E-state index contributed by atoms with van der Waals surface area (Å²) in [6, 6.07) is 7.57. The van der Waals surface area contributed by atoms with Crippen LogP contribution in [0.5, 0.6) is 0 Å². The molecule has 0 aliphatic heterocycles. The van der Waals surface area contributed by atoms with Gasteiger partial charge in [0.25, 0.3) is 5.56 Å². The number of nitrogens with one attached hydrogen (secondary N) is 2. The Morgan fingerprint density at radius 3 is 2.64 bits per heavy atom. The molecule has 2 aromatic rings. The third-order valence-electron chi connectivity index (χ3n) is 5.09. The molecule has 0 bridgehead atoms. The molecule has 6 nitrogen and oxygen atoms in total. The first kappa shape index (κ1) is 22.4. The summed E-state index contributed by atoms with van der Waals surface area (Å²) in [5.41, 5.74) is 0.660. The molecule has 1 atom stereocenters. The highest BCUT2D eigenvalue weighted by Gasteiger charge is 2.14. The molecule has 2 rings (SSSR count). The molecule has 1 aromatic carbocycles. The number of carbonyl (C=O) groups is 1. The van der Waals surface area contributed by atoms with Gasteiger partial charge in [-0.3, -0.25) is 14.2 Å². The summed E-state index contributed by atoms with van der Waals surface area (Å²) in [5, 5.41) is 4.22. The molecule has 28 heavy (non-hydrogen) atoms. The normalized spacial score (nSPS) is 12.5. The van der Waals surface area contributed by atoms with Gasteiger partial charge < -0.3 is 10.2 Å². The zero-order valence-corrected chi connectivity index (χ0v) is 18.3. The van der Waals surface area contributed by atoms with E-state index in [1.165, 1.54) is 16.7 Å². The van der Waals surface area contributed by atoms with Crippen molar-refractivity contribution in [2.24, 2.45) is 0 Å². The molecular weight excluding hydrogens is 372 g/mol. The summed E-state index contributed by atoms with van der Waals surface area (Å²) >= 11 is 1.34. The highest BCUT2D eigenvalue weighted by Crippen LogP contribution is 2.18. The number of aromatic nitrogens is 2. The molecule has 0 spiro atoms. The summed E-state index contributed by atoms with van der Waals surface area (Å²) < 4.78 is 1.74. The van der Waals surface area contributed by atoms with Gasteiger partial charge in [-0.25, -0.2) is 4.98 Å². The molecule has 1 heterocycles. The third kappa shape index (κ3) is 6.07. The standard InChI is InChI=1S/C21H32N4O2S/c1-5-16(4)22-19(26)15-28-21-23-18-12-9-8-11-17(18)20(27)25(21)14-10-13-24(6-2)7-3/h8-9,11-12,16H,5-7,10,13-15H2,1-4H3,(H,22,26)/p+1/t16-/m0/s1. The lowest BCUT2D eigenvalue weighted by Crippen LogP contribution is -3.11. The van der Waals surface area contributed by atoms with Crippen LogP contribution in [0.4, 0.5) is 0 Å². The van der Waals surface area contributed by atoms with E-state index in [0.717, 1.165) is 32.5 Å². The Hall–Kier alpha value is -1.86. The smallest absolute Gasteiger partial charge is 0.262 e. The number of thioether (sulfide) groups is 1. The van der Waals surface area contributed by atoms with Gasteiger partial charge in [-0.05, 0) is 39.3 Å². The van der Waals surface area contributed by atoms with Crippen molar-refractivity contribution in [2.45, 2.75) is 58.3 Å². The molecule has 0 radical (unpaired) electrons. The fraction of sp³-hybridized carbons (Fsp3) is 0.571. The summed E-state index contributed by atoms with van der Waals surface area (Å²) in [5.74, 6) is 0.233. The van der Waals surface area contributed by atoms with Crippen molar-refractivity contribution in [3.05, 3.63) is 34.6 Å². The average molecular weight is 406 g/mol. The van der Waals surface area contributed by atoms with Crippen LogP contribution in [-0.2, 0) is 11.3 Å². The number of quaternary nitrogens is 1. The van der Waals surface area contributed by atoms with E-state index in [4.69, 9.17) is 0 Å². The van der Waals surface area contributed by atoms with Crippen LogP contribution in [0.25, 0.3) is 10.9 Å². The van der Waals surface area contributed by atoms with Gasteiger partial charge in [0.05, 0.1) is 36.3 Å². The number of hydrogen-bond acceptors (Lipinski definition) is 4. The van der Waals surface area contributed by atoms with E-state index in [2.05, 4.69) is 24.1 Å². The predicted octanol–water partition coefficient (Wildman–Crippen LogP) is 1.72. The van der Waals surface area contributed by atoms with Gasteiger partial charge in [0, 0.05) is 19.0 Å². The molecule has 1 aromatic heterocycles. The van der Waals surface area contributed by atoms with Crippen molar-refractivity contribution in [2.75, 3.05) is 25.4 Å². The summed E-state index contributed by atoms with van der Waals surface area (Å²) in [6.45, 7) is 12.2. The number of para-hydroxylation sites is 1. The second-order valence-electron chi connectivity index (χ2n) is 7.09. The van der Waals surface area contributed by atoms with Gasteiger partial charge in [-0.2, -0.15) is 0 Å². The third-order valence-corrected chi connectivity index (χ3v) is 6.07. The minimum absolute atomic E-state index is 0.0232. The lowest BCUT2D eigenvalue weighted by molar-refractivity contribution is -0.896. The Labute approximate surface area is 171 Å². The molecule has 0 aliphatic carbocycles. The van der Waals surface area contributed by atoms with Crippen LogP contribution in [-0.4, -0.2) is 46.9 Å². The molecule has 0 unspecified atom stereocenters. The Morgan fingerprint density at radius 2 is 1.96 bits per heavy atom. The van der Waals surface area contributed by atoms with Gasteiger partial charge in [-0.1, -0.05) is 30.8 Å². The minimum atomic E-state index is -0.0270. The number of benzene rings is 1. The van der Waals surface area contributed by atoms with E-state index < -0.39 is 0 Å². The van der Waals surface area contributed by atoms with E-state index in [9.17, 15) is 9.59 Å².